The highest BCUT2D eigenvalue weighted by Gasteiger charge is 2.51. The van der Waals surface area contributed by atoms with Crippen molar-refractivity contribution in [3.8, 4) is 0 Å². The fourth-order valence-electron chi connectivity index (χ4n) is 10.2. The summed E-state index contributed by atoms with van der Waals surface area (Å²) >= 11 is 6.05. The third kappa shape index (κ3) is 9.03. The number of esters is 1. The van der Waals surface area contributed by atoms with E-state index in [0.29, 0.717) is 64.7 Å². The van der Waals surface area contributed by atoms with Crippen molar-refractivity contribution in [3.63, 3.8) is 0 Å². The number of nitrogens with one attached hydrogen (secondary N) is 3. The van der Waals surface area contributed by atoms with Crippen molar-refractivity contribution in [2.24, 2.45) is 23.2 Å². The highest BCUT2D eigenvalue weighted by molar-refractivity contribution is 6.27. The first kappa shape index (κ1) is 39.3. The van der Waals surface area contributed by atoms with E-state index in [0.717, 1.165) is 45.5 Å². The molecular weight excluding hydrogens is 724 g/mol. The molecule has 0 saturated heterocycles. The van der Waals surface area contributed by atoms with E-state index in [1.807, 2.05) is 24.3 Å². The molecule has 2 aromatic carbocycles. The minimum absolute atomic E-state index is 0.165. The van der Waals surface area contributed by atoms with Gasteiger partial charge in [-0.05, 0) is 91.0 Å². The van der Waals surface area contributed by atoms with Gasteiger partial charge in [0, 0.05) is 48.1 Å². The number of aromatic amines is 1. The lowest BCUT2D eigenvalue weighted by atomic mass is 9.49. The lowest BCUT2D eigenvalue weighted by Gasteiger charge is -2.56. The Labute approximate surface area is 327 Å². The van der Waals surface area contributed by atoms with Crippen LogP contribution in [0.1, 0.15) is 78.2 Å². The van der Waals surface area contributed by atoms with Crippen LogP contribution < -0.4 is 10.6 Å². The zero-order valence-corrected chi connectivity index (χ0v) is 32.4. The van der Waals surface area contributed by atoms with Crippen molar-refractivity contribution in [1.29, 1.82) is 0 Å². The molecule has 0 radical (unpaired) electrons. The van der Waals surface area contributed by atoms with E-state index in [2.05, 4.69) is 15.6 Å². The first-order valence-electron chi connectivity index (χ1n) is 19.7. The summed E-state index contributed by atoms with van der Waals surface area (Å²) in [5, 5.41) is 6.90. The summed E-state index contributed by atoms with van der Waals surface area (Å²) in [5.41, 5.74) is 4.06. The molecule has 5 aliphatic rings. The predicted molar refractivity (Wildman–Crippen MR) is 207 cm³/mol. The second-order valence-corrected chi connectivity index (χ2v) is 16.1. The number of carbonyl (C=O) groups excluding carboxylic acids is 4. The molecule has 3 aromatic rings. The van der Waals surface area contributed by atoms with Crippen LogP contribution in [0.4, 0.5) is 0 Å². The van der Waals surface area contributed by atoms with E-state index in [4.69, 9.17) is 30.5 Å². The average Bonchev–Trinajstić information content (AvgIpc) is 3.56. The molecule has 296 valence electrons. The SMILES string of the molecule is COC(=O)[C@H]1Cc2c([nH]c3ccccc23)[C@H](c2ccc(C(=O)NCCOCCOCCOCCNC(=O)CC34CC5CC(CC(C5)C3)C4)cc2)N1C(=O)CCl. The number of halogens is 1. The summed E-state index contributed by atoms with van der Waals surface area (Å²) in [6.45, 7) is 3.27. The first-order chi connectivity index (χ1) is 26.8. The van der Waals surface area contributed by atoms with Crippen LogP contribution in [-0.2, 0) is 39.8 Å². The van der Waals surface area contributed by atoms with Gasteiger partial charge in [0.05, 0.1) is 52.8 Å². The van der Waals surface area contributed by atoms with Crippen LogP contribution in [0.2, 0.25) is 0 Å². The number of H-pyrrole nitrogens is 1. The van der Waals surface area contributed by atoms with E-state index in [-0.39, 0.29) is 29.5 Å². The fourth-order valence-corrected chi connectivity index (χ4v) is 10.3. The lowest BCUT2D eigenvalue weighted by Crippen LogP contribution is -2.52. The molecule has 3 N–H and O–H groups in total. The molecule has 4 fully saturated rings. The maximum absolute atomic E-state index is 13.2. The molecule has 0 spiro atoms. The van der Waals surface area contributed by atoms with Crippen LogP contribution in [0.15, 0.2) is 48.5 Å². The van der Waals surface area contributed by atoms with Crippen molar-refractivity contribution in [2.75, 3.05) is 65.7 Å². The summed E-state index contributed by atoms with van der Waals surface area (Å²) in [5.74, 6) is 1.24. The van der Waals surface area contributed by atoms with Gasteiger partial charge < -0.3 is 39.5 Å². The number of fused-ring (bicyclic) bond motifs is 3. The van der Waals surface area contributed by atoms with Gasteiger partial charge in [-0.25, -0.2) is 4.79 Å². The van der Waals surface area contributed by atoms with Gasteiger partial charge in [-0.3, -0.25) is 14.4 Å². The maximum atomic E-state index is 13.2. The van der Waals surface area contributed by atoms with Gasteiger partial charge in [0.15, 0.2) is 0 Å². The maximum Gasteiger partial charge on any atom is 0.328 e. The molecule has 13 heteroatoms. The van der Waals surface area contributed by atoms with Crippen molar-refractivity contribution < 1.29 is 38.1 Å². The zero-order chi connectivity index (χ0) is 38.4. The highest BCUT2D eigenvalue weighted by atomic mass is 35.5. The Kier molecular flexibility index (Phi) is 12.8. The molecule has 4 saturated carbocycles. The van der Waals surface area contributed by atoms with Crippen molar-refractivity contribution in [3.05, 3.63) is 70.9 Å². The molecule has 0 unspecified atom stereocenters. The summed E-state index contributed by atoms with van der Waals surface area (Å²) in [4.78, 5) is 56.8. The van der Waals surface area contributed by atoms with Gasteiger partial charge in [-0.1, -0.05) is 30.3 Å². The van der Waals surface area contributed by atoms with Crippen LogP contribution in [0, 0.1) is 23.2 Å². The van der Waals surface area contributed by atoms with Crippen molar-refractivity contribution in [1.82, 2.24) is 20.5 Å². The van der Waals surface area contributed by atoms with E-state index in [9.17, 15) is 19.2 Å². The molecule has 3 amide bonds. The second-order valence-electron chi connectivity index (χ2n) is 15.8. The molecule has 8 rings (SSSR count). The standard InChI is InChI=1S/C42H53ClN4O8/c1-52-41(51)35-21-33-32-4-2-3-5-34(32)46-38(33)39(47(35)37(49)26-43)30-6-8-31(9-7-30)40(50)45-11-13-54-15-17-55-16-14-53-12-10-44-36(48)25-42-22-27-18-28(23-42)20-29(19-27)24-42/h2-9,27-29,35,39,46H,10-26H2,1H3,(H,44,48)(H,45,50)/t27?,28?,29?,35-,39+,42?/m1/s1. The molecule has 2 atom stereocenters. The molecule has 1 aliphatic heterocycles. The molecule has 2 heterocycles. The minimum atomic E-state index is -0.861. The van der Waals surface area contributed by atoms with Crippen LogP contribution in [0.25, 0.3) is 10.9 Å². The molecular formula is C42H53ClN4O8. The topological polar surface area (TPSA) is 148 Å². The number of rotatable bonds is 18. The van der Waals surface area contributed by atoms with Crippen LogP contribution in [0.5, 0.6) is 0 Å². The van der Waals surface area contributed by atoms with E-state index in [1.54, 1.807) is 24.3 Å². The normalized spacial score (nSPS) is 25.1. The van der Waals surface area contributed by atoms with E-state index in [1.165, 1.54) is 50.5 Å². The number of para-hydroxylation sites is 1. The number of methoxy groups -OCH3 is 1. The summed E-state index contributed by atoms with van der Waals surface area (Å²) < 4.78 is 21.9. The number of alkyl halides is 1. The third-order valence-electron chi connectivity index (χ3n) is 12.0. The fraction of sp³-hybridized carbons (Fsp3) is 0.571. The van der Waals surface area contributed by atoms with Gasteiger partial charge in [0.25, 0.3) is 5.91 Å². The number of hydrogen-bond donors (Lipinski definition) is 3. The predicted octanol–water partition coefficient (Wildman–Crippen LogP) is 4.92. The Morgan fingerprint density at radius 2 is 1.42 bits per heavy atom. The van der Waals surface area contributed by atoms with E-state index >= 15 is 0 Å². The Balaban J connectivity index is 0.788. The Hall–Kier alpha value is -3.97. The Morgan fingerprint density at radius 3 is 2.04 bits per heavy atom. The van der Waals surface area contributed by atoms with Crippen LogP contribution in [-0.4, -0.2) is 105 Å². The molecule has 12 nitrogen and oxygen atoms in total. The molecule has 4 aliphatic carbocycles. The average molecular weight is 777 g/mol. The second kappa shape index (κ2) is 17.9. The highest BCUT2D eigenvalue weighted by Crippen LogP contribution is 2.61. The number of ether oxygens (including phenoxy) is 4. The summed E-state index contributed by atoms with van der Waals surface area (Å²) in [6, 6.07) is 13.3. The Morgan fingerprint density at radius 1 is 0.818 bits per heavy atom. The van der Waals surface area contributed by atoms with Gasteiger partial charge in [-0.15, -0.1) is 11.6 Å². The largest absolute Gasteiger partial charge is 0.467 e. The molecule has 1 aromatic heterocycles. The lowest BCUT2D eigenvalue weighted by molar-refractivity contribution is -0.154. The van der Waals surface area contributed by atoms with Gasteiger partial charge in [0.1, 0.15) is 11.9 Å². The first-order valence-corrected chi connectivity index (χ1v) is 20.2. The number of benzene rings is 2. The van der Waals surface area contributed by atoms with Crippen LogP contribution >= 0.6 is 11.6 Å². The number of nitrogens with zero attached hydrogens (tertiary/aromatic N) is 1. The van der Waals surface area contributed by atoms with Crippen LogP contribution in [0.3, 0.4) is 0 Å². The number of carbonyl (C=O) groups is 4. The van der Waals surface area contributed by atoms with Gasteiger partial charge >= 0.3 is 5.97 Å². The van der Waals surface area contributed by atoms with Crippen molar-refractivity contribution in [2.45, 2.75) is 63.5 Å². The quantitative estimate of drug-likeness (QED) is 0.0937. The summed E-state index contributed by atoms with van der Waals surface area (Å²) in [6.07, 6.45) is 8.85. The molecule has 4 bridgehead atoms. The van der Waals surface area contributed by atoms with Gasteiger partial charge in [-0.2, -0.15) is 0 Å². The zero-order valence-electron chi connectivity index (χ0n) is 31.6. The van der Waals surface area contributed by atoms with Gasteiger partial charge in [0.2, 0.25) is 11.8 Å². The number of hydrogen-bond acceptors (Lipinski definition) is 8. The molecule has 55 heavy (non-hydrogen) atoms. The third-order valence-corrected chi connectivity index (χ3v) is 12.3. The minimum Gasteiger partial charge on any atom is -0.467 e. The Bertz CT molecular complexity index is 1790. The smallest absolute Gasteiger partial charge is 0.328 e. The van der Waals surface area contributed by atoms with E-state index < -0.39 is 24.0 Å². The monoisotopic (exact) mass is 776 g/mol. The van der Waals surface area contributed by atoms with Crippen molar-refractivity contribution >= 4 is 46.2 Å². The summed E-state index contributed by atoms with van der Waals surface area (Å²) in [7, 11) is 1.31. The number of amides is 3. The number of aromatic nitrogens is 1.